The van der Waals surface area contributed by atoms with E-state index < -0.39 is 0 Å². The standard InChI is InChI=1S/C16H23BrN2O/c1-12-7-8-19(10-12)15(20)18-11-16(2,3)13-5-4-6-14(17)9-13/h4-6,9,12H,7-8,10-11H2,1-3H3,(H,18,20). The first-order chi connectivity index (χ1) is 9.38. The van der Waals surface area contributed by atoms with E-state index >= 15 is 0 Å². The Labute approximate surface area is 129 Å². The third-order valence-corrected chi connectivity index (χ3v) is 4.49. The van der Waals surface area contributed by atoms with Gasteiger partial charge in [0.1, 0.15) is 0 Å². The Hall–Kier alpha value is -1.03. The summed E-state index contributed by atoms with van der Waals surface area (Å²) >= 11 is 3.50. The molecule has 110 valence electrons. The molecule has 1 aromatic rings. The van der Waals surface area contributed by atoms with Crippen LogP contribution in [0.1, 0.15) is 32.8 Å². The smallest absolute Gasteiger partial charge is 0.317 e. The van der Waals surface area contributed by atoms with E-state index in [2.05, 4.69) is 54.2 Å². The van der Waals surface area contributed by atoms with E-state index in [1.807, 2.05) is 17.0 Å². The fourth-order valence-corrected chi connectivity index (χ4v) is 2.94. The molecule has 0 saturated carbocycles. The monoisotopic (exact) mass is 338 g/mol. The average Bonchev–Trinajstić information content (AvgIpc) is 2.83. The van der Waals surface area contributed by atoms with Crippen LogP contribution >= 0.6 is 15.9 Å². The Balaban J connectivity index is 1.93. The fraction of sp³-hybridized carbons (Fsp3) is 0.562. The second-order valence-electron chi connectivity index (χ2n) is 6.39. The fourth-order valence-electron chi connectivity index (χ4n) is 2.54. The molecule has 1 heterocycles. The Bertz CT molecular complexity index is 487. The largest absolute Gasteiger partial charge is 0.337 e. The van der Waals surface area contributed by atoms with Crippen molar-refractivity contribution >= 4 is 22.0 Å². The summed E-state index contributed by atoms with van der Waals surface area (Å²) in [4.78, 5) is 14.1. The van der Waals surface area contributed by atoms with Gasteiger partial charge in [-0.1, -0.05) is 48.8 Å². The zero-order valence-corrected chi connectivity index (χ0v) is 14.0. The number of benzene rings is 1. The summed E-state index contributed by atoms with van der Waals surface area (Å²) in [5.41, 5.74) is 1.15. The SMILES string of the molecule is CC1CCN(C(=O)NCC(C)(C)c2cccc(Br)c2)C1. The number of carbonyl (C=O) groups is 1. The Kier molecular flexibility index (Phi) is 4.74. The van der Waals surface area contributed by atoms with E-state index in [1.165, 1.54) is 5.56 Å². The molecule has 4 heteroatoms. The van der Waals surface area contributed by atoms with Crippen LogP contribution in [-0.2, 0) is 5.41 Å². The summed E-state index contributed by atoms with van der Waals surface area (Å²) in [6.45, 7) is 8.91. The summed E-state index contributed by atoms with van der Waals surface area (Å²) in [7, 11) is 0. The Morgan fingerprint density at radius 1 is 1.50 bits per heavy atom. The van der Waals surface area contributed by atoms with E-state index in [1.54, 1.807) is 0 Å². The van der Waals surface area contributed by atoms with Crippen LogP contribution in [0.15, 0.2) is 28.7 Å². The van der Waals surface area contributed by atoms with E-state index in [9.17, 15) is 4.79 Å². The van der Waals surface area contributed by atoms with Gasteiger partial charge in [0.15, 0.2) is 0 Å². The quantitative estimate of drug-likeness (QED) is 0.893. The third kappa shape index (κ3) is 3.75. The molecule has 0 bridgehead atoms. The van der Waals surface area contributed by atoms with Gasteiger partial charge in [0.05, 0.1) is 0 Å². The number of amides is 2. The van der Waals surface area contributed by atoms with Crippen LogP contribution < -0.4 is 5.32 Å². The number of nitrogens with zero attached hydrogens (tertiary/aromatic N) is 1. The maximum Gasteiger partial charge on any atom is 0.317 e. The topological polar surface area (TPSA) is 32.3 Å². The van der Waals surface area contributed by atoms with Crippen molar-refractivity contribution in [3.63, 3.8) is 0 Å². The van der Waals surface area contributed by atoms with Crippen LogP contribution in [0.25, 0.3) is 0 Å². The first-order valence-corrected chi connectivity index (χ1v) is 7.96. The molecular formula is C16H23BrN2O. The maximum absolute atomic E-state index is 12.1. The molecule has 1 fully saturated rings. The molecule has 1 aliphatic rings. The van der Waals surface area contributed by atoms with Gasteiger partial charge in [-0.2, -0.15) is 0 Å². The highest BCUT2D eigenvalue weighted by atomic mass is 79.9. The summed E-state index contributed by atoms with van der Waals surface area (Å²) in [6, 6.07) is 8.34. The second kappa shape index (κ2) is 6.17. The lowest BCUT2D eigenvalue weighted by Crippen LogP contribution is -2.43. The molecule has 1 aromatic carbocycles. The molecule has 3 nitrogen and oxygen atoms in total. The number of hydrogen-bond acceptors (Lipinski definition) is 1. The molecular weight excluding hydrogens is 316 g/mol. The van der Waals surface area contributed by atoms with Gasteiger partial charge in [0.2, 0.25) is 0 Å². The minimum absolute atomic E-state index is 0.0671. The Morgan fingerprint density at radius 2 is 2.25 bits per heavy atom. The lowest BCUT2D eigenvalue weighted by Gasteiger charge is -2.27. The summed E-state index contributed by atoms with van der Waals surface area (Å²) in [5, 5.41) is 3.08. The lowest BCUT2D eigenvalue weighted by atomic mass is 9.85. The van der Waals surface area contributed by atoms with E-state index in [0.29, 0.717) is 12.5 Å². The average molecular weight is 339 g/mol. The molecule has 0 aliphatic carbocycles. The molecule has 1 aliphatic heterocycles. The van der Waals surface area contributed by atoms with Crippen molar-refractivity contribution in [1.29, 1.82) is 0 Å². The van der Waals surface area contributed by atoms with Crippen molar-refractivity contribution in [2.75, 3.05) is 19.6 Å². The van der Waals surface area contributed by atoms with Crippen LogP contribution in [0.5, 0.6) is 0 Å². The van der Waals surface area contributed by atoms with Gasteiger partial charge in [-0.05, 0) is 30.0 Å². The van der Waals surface area contributed by atoms with Gasteiger partial charge in [-0.25, -0.2) is 4.79 Å². The molecule has 1 atom stereocenters. The van der Waals surface area contributed by atoms with Gasteiger partial charge >= 0.3 is 6.03 Å². The molecule has 0 spiro atoms. The van der Waals surface area contributed by atoms with Crippen molar-refractivity contribution in [3.8, 4) is 0 Å². The minimum Gasteiger partial charge on any atom is -0.337 e. The summed E-state index contributed by atoms with van der Waals surface area (Å²) in [5.74, 6) is 0.624. The number of likely N-dealkylation sites (tertiary alicyclic amines) is 1. The maximum atomic E-state index is 12.1. The molecule has 2 rings (SSSR count). The molecule has 1 N–H and O–H groups in total. The van der Waals surface area contributed by atoms with Crippen molar-refractivity contribution in [1.82, 2.24) is 10.2 Å². The van der Waals surface area contributed by atoms with Gasteiger partial charge in [0.25, 0.3) is 0 Å². The highest BCUT2D eigenvalue weighted by molar-refractivity contribution is 9.10. The Morgan fingerprint density at radius 3 is 2.85 bits per heavy atom. The van der Waals surface area contributed by atoms with Crippen LogP contribution in [-0.4, -0.2) is 30.6 Å². The van der Waals surface area contributed by atoms with Crippen LogP contribution in [0.4, 0.5) is 4.79 Å². The molecule has 0 aromatic heterocycles. The number of urea groups is 1. The number of rotatable bonds is 3. The molecule has 0 radical (unpaired) electrons. The number of carbonyl (C=O) groups excluding carboxylic acids is 1. The second-order valence-corrected chi connectivity index (χ2v) is 7.31. The molecule has 2 amide bonds. The highest BCUT2D eigenvalue weighted by Crippen LogP contribution is 2.25. The number of hydrogen-bond donors (Lipinski definition) is 1. The summed E-state index contributed by atoms with van der Waals surface area (Å²) in [6.07, 6.45) is 1.11. The zero-order valence-electron chi connectivity index (χ0n) is 12.4. The molecule has 1 unspecified atom stereocenters. The van der Waals surface area contributed by atoms with Crippen molar-refractivity contribution in [2.24, 2.45) is 5.92 Å². The van der Waals surface area contributed by atoms with Gasteiger partial charge in [0, 0.05) is 29.5 Å². The lowest BCUT2D eigenvalue weighted by molar-refractivity contribution is 0.205. The van der Waals surface area contributed by atoms with E-state index in [-0.39, 0.29) is 11.4 Å². The number of nitrogens with one attached hydrogen (secondary N) is 1. The first kappa shape index (κ1) is 15.4. The van der Waals surface area contributed by atoms with Gasteiger partial charge in [-0.15, -0.1) is 0 Å². The van der Waals surface area contributed by atoms with Gasteiger partial charge in [-0.3, -0.25) is 0 Å². The van der Waals surface area contributed by atoms with Crippen molar-refractivity contribution in [3.05, 3.63) is 34.3 Å². The van der Waals surface area contributed by atoms with E-state index in [4.69, 9.17) is 0 Å². The van der Waals surface area contributed by atoms with Crippen molar-refractivity contribution in [2.45, 2.75) is 32.6 Å². The number of halogens is 1. The highest BCUT2D eigenvalue weighted by Gasteiger charge is 2.26. The van der Waals surface area contributed by atoms with Crippen LogP contribution in [0.2, 0.25) is 0 Å². The minimum atomic E-state index is -0.0786. The van der Waals surface area contributed by atoms with Crippen LogP contribution in [0, 0.1) is 5.92 Å². The third-order valence-electron chi connectivity index (χ3n) is 4.00. The zero-order chi connectivity index (χ0) is 14.8. The first-order valence-electron chi connectivity index (χ1n) is 7.17. The van der Waals surface area contributed by atoms with Gasteiger partial charge < -0.3 is 10.2 Å². The van der Waals surface area contributed by atoms with E-state index in [0.717, 1.165) is 24.0 Å². The van der Waals surface area contributed by atoms with Crippen LogP contribution in [0.3, 0.4) is 0 Å². The van der Waals surface area contributed by atoms with Crippen molar-refractivity contribution < 1.29 is 4.79 Å². The molecule has 20 heavy (non-hydrogen) atoms. The predicted molar refractivity (Wildman–Crippen MR) is 85.9 cm³/mol. The normalized spacial score (nSPS) is 19.2. The predicted octanol–water partition coefficient (Wildman–Crippen LogP) is 3.78. The molecule has 1 saturated heterocycles. The summed E-state index contributed by atoms with van der Waals surface area (Å²) < 4.78 is 1.07.